The highest BCUT2D eigenvalue weighted by Crippen LogP contribution is 1.99. The minimum absolute atomic E-state index is 0.167. The molecule has 15 heavy (non-hydrogen) atoms. The van der Waals surface area contributed by atoms with E-state index in [0.29, 0.717) is 0 Å². The molecule has 3 nitrogen and oxygen atoms in total. The molecule has 0 radical (unpaired) electrons. The largest absolute Gasteiger partial charge is 0.332 e. The van der Waals surface area contributed by atoms with Crippen molar-refractivity contribution in [2.75, 3.05) is 0 Å². The van der Waals surface area contributed by atoms with Gasteiger partial charge in [-0.1, -0.05) is 36.4 Å². The second-order valence-corrected chi connectivity index (χ2v) is 3.39. The Morgan fingerprint density at radius 1 is 1.47 bits per heavy atom. The molecular formula is C12H16N2O. The summed E-state index contributed by atoms with van der Waals surface area (Å²) < 4.78 is 0. The lowest BCUT2D eigenvalue weighted by Crippen LogP contribution is -2.35. The summed E-state index contributed by atoms with van der Waals surface area (Å²) in [5.41, 5.74) is 6.60. The second-order valence-electron chi connectivity index (χ2n) is 3.39. The summed E-state index contributed by atoms with van der Waals surface area (Å²) in [6.45, 7) is 1.65. The molecule has 1 rings (SSSR count). The van der Waals surface area contributed by atoms with E-state index in [1.165, 1.54) is 5.56 Å². The Kier molecular flexibility index (Phi) is 4.57. The summed E-state index contributed by atoms with van der Waals surface area (Å²) in [5.74, 6) is -0.167. The first kappa shape index (κ1) is 11.5. The molecule has 0 unspecified atom stereocenters. The Hall–Kier alpha value is -1.61. The van der Waals surface area contributed by atoms with Crippen LogP contribution >= 0.6 is 0 Å². The zero-order valence-corrected chi connectivity index (χ0v) is 8.81. The molecule has 3 heteroatoms. The molecule has 0 bridgehead atoms. The van der Waals surface area contributed by atoms with Crippen molar-refractivity contribution >= 4 is 5.91 Å². The first-order chi connectivity index (χ1) is 7.20. The van der Waals surface area contributed by atoms with Gasteiger partial charge in [0.25, 0.3) is 0 Å². The van der Waals surface area contributed by atoms with Crippen LogP contribution in [0.25, 0.3) is 0 Å². The average molecular weight is 204 g/mol. The minimum Gasteiger partial charge on any atom is -0.332 e. The SMILES string of the molecule is C[C@@H](N)C(=O)N/C=C\Cc1ccccc1. The number of rotatable bonds is 4. The van der Waals surface area contributed by atoms with Gasteiger partial charge in [0.2, 0.25) is 5.91 Å². The Morgan fingerprint density at radius 2 is 2.13 bits per heavy atom. The molecule has 1 aromatic rings. The standard InChI is InChI=1S/C12H16N2O/c1-10(13)12(15)14-9-5-8-11-6-3-2-4-7-11/h2-7,9-10H,8,13H2,1H3,(H,14,15)/b9-5-/t10-/m1/s1. The van der Waals surface area contributed by atoms with Crippen LogP contribution in [-0.2, 0) is 11.2 Å². The van der Waals surface area contributed by atoms with Crippen LogP contribution in [0.3, 0.4) is 0 Å². The third-order valence-corrected chi connectivity index (χ3v) is 1.95. The van der Waals surface area contributed by atoms with E-state index in [4.69, 9.17) is 5.73 Å². The number of amides is 1. The monoisotopic (exact) mass is 204 g/mol. The lowest BCUT2D eigenvalue weighted by molar-refractivity contribution is -0.121. The first-order valence-electron chi connectivity index (χ1n) is 4.95. The summed E-state index contributed by atoms with van der Waals surface area (Å²) in [5, 5.41) is 2.61. The molecule has 1 atom stereocenters. The number of carbonyl (C=O) groups is 1. The number of benzene rings is 1. The number of carbonyl (C=O) groups excluding carboxylic acids is 1. The Bertz CT molecular complexity index is 331. The quantitative estimate of drug-likeness (QED) is 0.774. The molecule has 0 saturated carbocycles. The molecule has 0 aliphatic heterocycles. The maximum Gasteiger partial charge on any atom is 0.240 e. The third kappa shape index (κ3) is 4.42. The van der Waals surface area contributed by atoms with Crippen molar-refractivity contribution in [3.05, 3.63) is 48.2 Å². The van der Waals surface area contributed by atoms with Gasteiger partial charge in [-0.25, -0.2) is 0 Å². The molecule has 3 N–H and O–H groups in total. The normalized spacial score (nSPS) is 12.7. The van der Waals surface area contributed by atoms with Gasteiger partial charge in [0, 0.05) is 6.20 Å². The van der Waals surface area contributed by atoms with Crippen LogP contribution in [0.15, 0.2) is 42.6 Å². The Balaban J connectivity index is 2.32. The van der Waals surface area contributed by atoms with Crippen LogP contribution in [0.4, 0.5) is 0 Å². The van der Waals surface area contributed by atoms with Crippen LogP contribution in [0.1, 0.15) is 12.5 Å². The van der Waals surface area contributed by atoms with Gasteiger partial charge < -0.3 is 11.1 Å². The molecule has 0 saturated heterocycles. The summed E-state index contributed by atoms with van der Waals surface area (Å²) in [4.78, 5) is 11.1. The van der Waals surface area contributed by atoms with Gasteiger partial charge in [0.1, 0.15) is 0 Å². The summed E-state index contributed by atoms with van der Waals surface area (Å²) in [6, 6.07) is 9.57. The Labute approximate surface area is 90.0 Å². The third-order valence-electron chi connectivity index (χ3n) is 1.95. The number of allylic oxidation sites excluding steroid dienone is 1. The molecule has 0 fully saturated rings. The number of hydrogen-bond donors (Lipinski definition) is 2. The molecule has 0 heterocycles. The fourth-order valence-corrected chi connectivity index (χ4v) is 1.08. The van der Waals surface area contributed by atoms with Crippen molar-refractivity contribution in [1.29, 1.82) is 0 Å². The van der Waals surface area contributed by atoms with Gasteiger partial charge in [0.15, 0.2) is 0 Å². The zero-order valence-electron chi connectivity index (χ0n) is 8.81. The minimum atomic E-state index is -0.466. The fraction of sp³-hybridized carbons (Fsp3) is 0.250. The topological polar surface area (TPSA) is 55.1 Å². The van der Waals surface area contributed by atoms with Gasteiger partial charge in [-0.2, -0.15) is 0 Å². The van der Waals surface area contributed by atoms with E-state index in [1.54, 1.807) is 13.1 Å². The van der Waals surface area contributed by atoms with Crippen LogP contribution in [-0.4, -0.2) is 11.9 Å². The lowest BCUT2D eigenvalue weighted by atomic mass is 10.1. The van der Waals surface area contributed by atoms with Crippen molar-refractivity contribution in [2.24, 2.45) is 5.73 Å². The highest BCUT2D eigenvalue weighted by atomic mass is 16.2. The summed E-state index contributed by atoms with van der Waals surface area (Å²) in [6.07, 6.45) is 4.34. The van der Waals surface area contributed by atoms with Crippen molar-refractivity contribution in [1.82, 2.24) is 5.32 Å². The first-order valence-corrected chi connectivity index (χ1v) is 4.95. The number of hydrogen-bond acceptors (Lipinski definition) is 2. The number of nitrogens with one attached hydrogen (secondary N) is 1. The molecule has 0 spiro atoms. The predicted molar refractivity (Wildman–Crippen MR) is 61.1 cm³/mol. The molecule has 0 aliphatic rings. The number of nitrogens with two attached hydrogens (primary N) is 1. The van der Waals surface area contributed by atoms with Crippen molar-refractivity contribution in [3.63, 3.8) is 0 Å². The summed E-state index contributed by atoms with van der Waals surface area (Å²) in [7, 11) is 0. The molecule has 80 valence electrons. The zero-order chi connectivity index (χ0) is 11.1. The van der Waals surface area contributed by atoms with Gasteiger partial charge >= 0.3 is 0 Å². The Morgan fingerprint density at radius 3 is 2.73 bits per heavy atom. The van der Waals surface area contributed by atoms with Crippen molar-refractivity contribution in [3.8, 4) is 0 Å². The highest BCUT2D eigenvalue weighted by molar-refractivity contribution is 5.81. The highest BCUT2D eigenvalue weighted by Gasteiger charge is 2.02. The fourth-order valence-electron chi connectivity index (χ4n) is 1.08. The van der Waals surface area contributed by atoms with Crippen LogP contribution in [0.2, 0.25) is 0 Å². The van der Waals surface area contributed by atoms with E-state index in [-0.39, 0.29) is 5.91 Å². The van der Waals surface area contributed by atoms with Gasteiger partial charge in [-0.05, 0) is 18.9 Å². The lowest BCUT2D eigenvalue weighted by Gasteiger charge is -2.02. The van der Waals surface area contributed by atoms with E-state index < -0.39 is 6.04 Å². The van der Waals surface area contributed by atoms with Crippen molar-refractivity contribution in [2.45, 2.75) is 19.4 Å². The second kappa shape index (κ2) is 5.98. The van der Waals surface area contributed by atoms with E-state index in [1.807, 2.05) is 36.4 Å². The molecule has 0 aromatic heterocycles. The smallest absolute Gasteiger partial charge is 0.240 e. The van der Waals surface area contributed by atoms with Gasteiger partial charge in [-0.3, -0.25) is 4.79 Å². The molecule has 1 aromatic carbocycles. The van der Waals surface area contributed by atoms with E-state index >= 15 is 0 Å². The van der Waals surface area contributed by atoms with Crippen LogP contribution in [0, 0.1) is 0 Å². The summed E-state index contributed by atoms with van der Waals surface area (Å²) >= 11 is 0. The average Bonchev–Trinajstić information content (AvgIpc) is 2.25. The van der Waals surface area contributed by atoms with Crippen molar-refractivity contribution < 1.29 is 4.79 Å². The maximum absolute atomic E-state index is 11.1. The van der Waals surface area contributed by atoms with Gasteiger partial charge in [0.05, 0.1) is 6.04 Å². The maximum atomic E-state index is 11.1. The van der Waals surface area contributed by atoms with Crippen LogP contribution < -0.4 is 11.1 Å². The van der Waals surface area contributed by atoms with E-state index in [2.05, 4.69) is 5.32 Å². The van der Waals surface area contributed by atoms with E-state index in [0.717, 1.165) is 6.42 Å². The molecule has 1 amide bonds. The predicted octanol–water partition coefficient (Wildman–Crippen LogP) is 1.21. The molecular weight excluding hydrogens is 188 g/mol. The van der Waals surface area contributed by atoms with Gasteiger partial charge in [-0.15, -0.1) is 0 Å². The van der Waals surface area contributed by atoms with Crippen LogP contribution in [0.5, 0.6) is 0 Å². The van der Waals surface area contributed by atoms with E-state index in [9.17, 15) is 4.79 Å². The molecule has 0 aliphatic carbocycles.